The second-order valence-electron chi connectivity index (χ2n) is 8.14. The van der Waals surface area contributed by atoms with E-state index in [-0.39, 0.29) is 29.3 Å². The first kappa shape index (κ1) is 25.0. The number of urea groups is 1. The van der Waals surface area contributed by atoms with Crippen LogP contribution in [0, 0.1) is 22.9 Å². The van der Waals surface area contributed by atoms with E-state index in [9.17, 15) is 28.9 Å². The van der Waals surface area contributed by atoms with Gasteiger partial charge in [0.2, 0.25) is 0 Å². The number of anilines is 1. The molecule has 0 unspecified atom stereocenters. The molecule has 2 heterocycles. The van der Waals surface area contributed by atoms with Crippen molar-refractivity contribution in [1.29, 1.82) is 0 Å². The monoisotopic (exact) mass is 500 g/mol. The van der Waals surface area contributed by atoms with E-state index < -0.39 is 22.8 Å². The molecule has 1 aliphatic heterocycles. The Balaban J connectivity index is 1.75. The van der Waals surface area contributed by atoms with Crippen molar-refractivity contribution >= 4 is 41.4 Å². The molecule has 10 heteroatoms. The lowest BCUT2D eigenvalue weighted by Gasteiger charge is -2.26. The predicted molar refractivity (Wildman–Crippen MR) is 136 cm³/mol. The van der Waals surface area contributed by atoms with E-state index >= 15 is 0 Å². The van der Waals surface area contributed by atoms with Crippen LogP contribution in [0.15, 0.2) is 79.0 Å². The Hall–Kier alpha value is -5.12. The van der Waals surface area contributed by atoms with Crippen LogP contribution in [0.1, 0.15) is 22.4 Å². The molecule has 0 saturated carbocycles. The quantitative estimate of drug-likeness (QED) is 0.165. The summed E-state index contributed by atoms with van der Waals surface area (Å²) in [5, 5.41) is 13.1. The first-order valence-corrected chi connectivity index (χ1v) is 11.1. The van der Waals surface area contributed by atoms with Gasteiger partial charge in [0.15, 0.2) is 0 Å². The molecule has 37 heavy (non-hydrogen) atoms. The van der Waals surface area contributed by atoms with Crippen molar-refractivity contribution in [1.82, 2.24) is 9.88 Å². The normalized spacial score (nSPS) is 14.9. The molecule has 0 spiro atoms. The van der Waals surface area contributed by atoms with Crippen molar-refractivity contribution in [3.63, 3.8) is 0 Å². The highest BCUT2D eigenvalue weighted by Gasteiger charge is 2.37. The smallest absolute Gasteiger partial charge is 0.335 e. The van der Waals surface area contributed by atoms with E-state index in [0.717, 1.165) is 17.0 Å². The molecule has 1 N–H and O–H groups in total. The third-order valence-corrected chi connectivity index (χ3v) is 5.83. The van der Waals surface area contributed by atoms with Gasteiger partial charge in [-0.25, -0.2) is 14.1 Å². The maximum atomic E-state index is 14.3. The number of aromatic nitrogens is 1. The Labute approximate surface area is 211 Å². The number of carbonyl (C=O) groups is 3. The number of nitro benzene ring substituents is 1. The van der Waals surface area contributed by atoms with Crippen LogP contribution < -0.4 is 10.2 Å². The number of benzene rings is 2. The largest absolute Gasteiger partial charge is 0.343 e. The van der Waals surface area contributed by atoms with Gasteiger partial charge in [-0.2, -0.15) is 0 Å². The Morgan fingerprint density at radius 3 is 2.46 bits per heavy atom. The fraction of sp³-hybridized carbons (Fsp3) is 0.0741. The summed E-state index contributed by atoms with van der Waals surface area (Å²) >= 11 is 0. The second kappa shape index (κ2) is 10.2. The standard InChI is InChI=1S/C27H21FN4O5/c1-3-4-9-24-17(2)19(16-30(24)15-18-7-5-6-8-23(18)28)14-22-25(33)29-27(35)31(26(22)34)20-10-12-21(13-11-20)32(36)37/h3-14,16H,1,15H2,2H3,(H,29,33,35). The number of carbonyl (C=O) groups excluding carboxylic acids is 3. The molecule has 1 saturated heterocycles. The van der Waals surface area contributed by atoms with E-state index in [0.29, 0.717) is 22.4 Å². The number of amides is 4. The highest BCUT2D eigenvalue weighted by Crippen LogP contribution is 2.27. The highest BCUT2D eigenvalue weighted by molar-refractivity contribution is 6.39. The van der Waals surface area contributed by atoms with E-state index in [1.807, 2.05) is 0 Å². The van der Waals surface area contributed by atoms with E-state index in [2.05, 4.69) is 11.9 Å². The summed E-state index contributed by atoms with van der Waals surface area (Å²) in [6, 6.07) is 10.2. The molecule has 2 aromatic carbocycles. The molecule has 1 aliphatic rings. The Morgan fingerprint density at radius 2 is 1.81 bits per heavy atom. The van der Waals surface area contributed by atoms with Crippen molar-refractivity contribution in [2.45, 2.75) is 13.5 Å². The van der Waals surface area contributed by atoms with Crippen LogP contribution in [-0.4, -0.2) is 27.3 Å². The SMILES string of the molecule is C=CC=Cc1c(C)c(C=C2C(=O)NC(=O)N(c3ccc([N+](=O)[O-])cc3)C2=O)cn1Cc1ccccc1F. The molecule has 0 radical (unpaired) electrons. The number of rotatable bonds is 7. The molecular weight excluding hydrogens is 479 g/mol. The summed E-state index contributed by atoms with van der Waals surface area (Å²) in [7, 11) is 0. The van der Waals surface area contributed by atoms with Crippen molar-refractivity contribution in [3.05, 3.63) is 117 Å². The number of hydrogen-bond donors (Lipinski definition) is 1. The van der Waals surface area contributed by atoms with Crippen LogP contribution in [-0.2, 0) is 16.1 Å². The average molecular weight is 500 g/mol. The third kappa shape index (κ3) is 4.98. The van der Waals surface area contributed by atoms with Crippen LogP contribution in [0.4, 0.5) is 20.6 Å². The summed E-state index contributed by atoms with van der Waals surface area (Å²) in [5.41, 5.74) is 1.93. The topological polar surface area (TPSA) is 115 Å². The number of hydrogen-bond acceptors (Lipinski definition) is 5. The van der Waals surface area contributed by atoms with Crippen molar-refractivity contribution in [2.75, 3.05) is 4.90 Å². The van der Waals surface area contributed by atoms with Crippen LogP contribution >= 0.6 is 0 Å². The summed E-state index contributed by atoms with van der Waals surface area (Å²) in [4.78, 5) is 49.4. The number of barbiturate groups is 1. The van der Waals surface area contributed by atoms with Gasteiger partial charge in [-0.3, -0.25) is 25.0 Å². The Kier molecular flexibility index (Phi) is 6.92. The first-order valence-electron chi connectivity index (χ1n) is 11.1. The zero-order chi connectivity index (χ0) is 26.7. The first-order chi connectivity index (χ1) is 17.7. The lowest BCUT2D eigenvalue weighted by atomic mass is 10.1. The average Bonchev–Trinajstić information content (AvgIpc) is 3.15. The van der Waals surface area contributed by atoms with E-state index in [1.54, 1.807) is 54.1 Å². The molecule has 186 valence electrons. The minimum Gasteiger partial charge on any atom is -0.343 e. The molecule has 4 amide bonds. The summed E-state index contributed by atoms with van der Waals surface area (Å²) < 4.78 is 16.1. The maximum Gasteiger partial charge on any atom is 0.335 e. The van der Waals surface area contributed by atoms with Crippen molar-refractivity contribution in [2.24, 2.45) is 0 Å². The molecule has 3 aromatic rings. The van der Waals surface area contributed by atoms with E-state index in [4.69, 9.17) is 0 Å². The van der Waals surface area contributed by atoms with Crippen LogP contribution in [0.3, 0.4) is 0 Å². The van der Waals surface area contributed by atoms with Crippen molar-refractivity contribution < 1.29 is 23.7 Å². The van der Waals surface area contributed by atoms with Crippen LogP contribution in [0.5, 0.6) is 0 Å². The Morgan fingerprint density at radius 1 is 1.11 bits per heavy atom. The zero-order valence-corrected chi connectivity index (χ0v) is 19.7. The lowest BCUT2D eigenvalue weighted by molar-refractivity contribution is -0.384. The number of allylic oxidation sites excluding steroid dienone is 2. The van der Waals surface area contributed by atoms with E-state index in [1.165, 1.54) is 24.3 Å². The minimum absolute atomic E-state index is 0.0648. The predicted octanol–water partition coefficient (Wildman–Crippen LogP) is 4.76. The van der Waals surface area contributed by atoms with Gasteiger partial charge in [0.05, 0.1) is 17.2 Å². The van der Waals surface area contributed by atoms with Gasteiger partial charge in [-0.1, -0.05) is 36.9 Å². The summed E-state index contributed by atoms with van der Waals surface area (Å²) in [6.45, 7) is 5.66. The van der Waals surface area contributed by atoms with Gasteiger partial charge < -0.3 is 4.57 Å². The second-order valence-corrected chi connectivity index (χ2v) is 8.14. The van der Waals surface area contributed by atoms with Crippen LogP contribution in [0.2, 0.25) is 0 Å². The van der Waals surface area contributed by atoms with Crippen molar-refractivity contribution in [3.8, 4) is 0 Å². The molecule has 9 nitrogen and oxygen atoms in total. The van der Waals surface area contributed by atoms with Gasteiger partial charge in [0.1, 0.15) is 11.4 Å². The molecule has 1 fully saturated rings. The molecule has 4 rings (SSSR count). The number of nitrogens with one attached hydrogen (secondary N) is 1. The number of nitro groups is 1. The maximum absolute atomic E-state index is 14.3. The lowest BCUT2D eigenvalue weighted by Crippen LogP contribution is -2.54. The molecule has 1 aromatic heterocycles. The number of nitrogens with zero attached hydrogens (tertiary/aromatic N) is 3. The van der Waals surface area contributed by atoms with Gasteiger partial charge >= 0.3 is 6.03 Å². The summed E-state index contributed by atoms with van der Waals surface area (Å²) in [6.07, 6.45) is 8.13. The fourth-order valence-electron chi connectivity index (χ4n) is 3.93. The molecule has 0 aliphatic carbocycles. The minimum atomic E-state index is -0.968. The summed E-state index contributed by atoms with van der Waals surface area (Å²) in [5.74, 6) is -2.13. The molecule has 0 bridgehead atoms. The zero-order valence-electron chi connectivity index (χ0n) is 19.7. The van der Waals surface area contributed by atoms with Gasteiger partial charge in [0.25, 0.3) is 17.5 Å². The fourth-order valence-corrected chi connectivity index (χ4v) is 3.93. The number of halogens is 1. The highest BCUT2D eigenvalue weighted by atomic mass is 19.1. The Bertz CT molecular complexity index is 1500. The molecular formula is C27H21FN4O5. The van der Waals surface area contributed by atoms with Gasteiger partial charge in [-0.05, 0) is 48.4 Å². The van der Waals surface area contributed by atoms with Crippen LogP contribution in [0.25, 0.3) is 12.2 Å². The molecule has 0 atom stereocenters. The van der Waals surface area contributed by atoms with Gasteiger partial charge in [0, 0.05) is 29.6 Å². The van der Waals surface area contributed by atoms with Gasteiger partial charge in [-0.15, -0.1) is 0 Å². The number of non-ortho nitro benzene ring substituents is 1. The number of imide groups is 2. The third-order valence-electron chi connectivity index (χ3n) is 5.83.